The van der Waals surface area contributed by atoms with Crippen molar-refractivity contribution in [2.45, 2.75) is 6.92 Å². The number of amides is 2. The lowest BCUT2D eigenvalue weighted by atomic mass is 10.1. The Labute approximate surface area is 202 Å². The maximum absolute atomic E-state index is 12.9. The van der Waals surface area contributed by atoms with Crippen LogP contribution in [0.25, 0.3) is 6.08 Å². The molecule has 182 valence electrons. The van der Waals surface area contributed by atoms with E-state index >= 15 is 0 Å². The molecule has 3 aromatic rings. The molecule has 13 nitrogen and oxygen atoms in total. The third kappa shape index (κ3) is 4.79. The molecular formula is C23H17N5O8. The first kappa shape index (κ1) is 23.8. The zero-order valence-corrected chi connectivity index (χ0v) is 18.6. The molecule has 2 amide bonds. The van der Waals surface area contributed by atoms with Gasteiger partial charge in [-0.25, -0.2) is 9.99 Å². The highest BCUT2D eigenvalue weighted by molar-refractivity contribution is 6.31. The molecule has 0 radical (unpaired) electrons. The Kier molecular flexibility index (Phi) is 6.54. The Bertz CT molecular complexity index is 1390. The van der Waals surface area contributed by atoms with Crippen molar-refractivity contribution in [3.05, 3.63) is 92.2 Å². The largest absolute Gasteiger partial charge is 0.490 e. The number of ether oxygens (including phenoxy) is 2. The van der Waals surface area contributed by atoms with Gasteiger partial charge in [0.25, 0.3) is 17.5 Å². The minimum absolute atomic E-state index is 0.0514. The number of anilines is 1. The monoisotopic (exact) mass is 491 g/mol. The zero-order valence-electron chi connectivity index (χ0n) is 18.6. The quantitative estimate of drug-likeness (QED) is 0.214. The average Bonchev–Trinajstić information content (AvgIpc) is 3.14. The van der Waals surface area contributed by atoms with Gasteiger partial charge in [0.05, 0.1) is 22.1 Å². The highest BCUT2D eigenvalue weighted by atomic mass is 16.6. The summed E-state index contributed by atoms with van der Waals surface area (Å²) in [6.07, 6.45) is 2.16. The van der Waals surface area contributed by atoms with Crippen LogP contribution in [0.5, 0.6) is 17.4 Å². The topological polar surface area (TPSA) is 167 Å². The summed E-state index contributed by atoms with van der Waals surface area (Å²) < 4.78 is 11.1. The summed E-state index contributed by atoms with van der Waals surface area (Å²) in [6, 6.07) is 13.2. The van der Waals surface area contributed by atoms with Crippen LogP contribution in [0.2, 0.25) is 0 Å². The number of nitrogens with one attached hydrogen (secondary N) is 1. The van der Waals surface area contributed by atoms with Crippen LogP contribution < -0.4 is 19.9 Å². The number of nitro groups is 2. The summed E-state index contributed by atoms with van der Waals surface area (Å²) in [5.41, 5.74) is 1.99. The van der Waals surface area contributed by atoms with Crippen LogP contribution in [0.15, 0.2) is 66.4 Å². The number of hydrogen-bond acceptors (Lipinski definition) is 9. The lowest BCUT2D eigenvalue weighted by Crippen LogP contribution is -2.35. The lowest BCUT2D eigenvalue weighted by Gasteiger charge is -2.14. The minimum atomic E-state index is -0.724. The molecule has 1 aromatic heterocycles. The van der Waals surface area contributed by atoms with E-state index in [0.29, 0.717) is 5.69 Å². The van der Waals surface area contributed by atoms with Gasteiger partial charge in [0.15, 0.2) is 5.75 Å². The van der Waals surface area contributed by atoms with Gasteiger partial charge in [0, 0.05) is 18.2 Å². The summed E-state index contributed by atoms with van der Waals surface area (Å²) >= 11 is 0. The predicted molar refractivity (Wildman–Crippen MR) is 125 cm³/mol. The van der Waals surface area contributed by atoms with E-state index in [1.54, 1.807) is 37.3 Å². The third-order valence-electron chi connectivity index (χ3n) is 4.91. The Hall–Kier alpha value is -5.33. The predicted octanol–water partition coefficient (Wildman–Crippen LogP) is 3.55. The van der Waals surface area contributed by atoms with E-state index in [1.165, 1.54) is 18.2 Å². The number of rotatable bonds is 8. The van der Waals surface area contributed by atoms with E-state index in [0.717, 1.165) is 23.3 Å². The van der Waals surface area contributed by atoms with E-state index in [4.69, 9.17) is 9.47 Å². The van der Waals surface area contributed by atoms with Gasteiger partial charge in [0.2, 0.25) is 11.6 Å². The number of aromatic nitrogens is 1. The van der Waals surface area contributed by atoms with Crippen molar-refractivity contribution in [3.8, 4) is 17.4 Å². The molecular weight excluding hydrogens is 474 g/mol. The van der Waals surface area contributed by atoms with Crippen LogP contribution in [0.1, 0.15) is 12.5 Å². The summed E-state index contributed by atoms with van der Waals surface area (Å²) in [5, 5.41) is 23.8. The van der Waals surface area contributed by atoms with Crippen LogP contribution in [0.4, 0.5) is 17.1 Å². The Morgan fingerprint density at radius 1 is 1.06 bits per heavy atom. The summed E-state index contributed by atoms with van der Waals surface area (Å²) in [4.78, 5) is 50.5. The van der Waals surface area contributed by atoms with Gasteiger partial charge in [-0.3, -0.25) is 35.2 Å². The molecule has 13 heteroatoms. The molecule has 36 heavy (non-hydrogen) atoms. The molecule has 2 heterocycles. The normalized spacial score (nSPS) is 14.0. The number of para-hydroxylation sites is 1. The molecule has 1 aliphatic rings. The summed E-state index contributed by atoms with van der Waals surface area (Å²) in [6.45, 7) is 1.76. The van der Waals surface area contributed by atoms with Crippen LogP contribution in [0, 0.1) is 20.2 Å². The standard InChI is InChI=1S/C23H17N5O8/c1-2-35-19-12-14(10-17-22(29)25-26(23(17)30)15-6-4-3-5-7-15)11-18(28(33)34)21(19)36-20-9-8-16(13-24-20)27(31)32/h3-13H,2H2,1H3,(H,25,29)/b17-10-. The van der Waals surface area contributed by atoms with Crippen LogP contribution in [0.3, 0.4) is 0 Å². The van der Waals surface area contributed by atoms with Crippen molar-refractivity contribution in [1.29, 1.82) is 0 Å². The van der Waals surface area contributed by atoms with E-state index in [-0.39, 0.29) is 40.8 Å². The molecule has 0 atom stereocenters. The lowest BCUT2D eigenvalue weighted by molar-refractivity contribution is -0.385. The first-order valence-corrected chi connectivity index (χ1v) is 10.4. The average molecular weight is 491 g/mol. The van der Waals surface area contributed by atoms with Crippen molar-refractivity contribution >= 4 is 35.0 Å². The van der Waals surface area contributed by atoms with Gasteiger partial charge in [0.1, 0.15) is 11.8 Å². The van der Waals surface area contributed by atoms with E-state index < -0.39 is 27.3 Å². The van der Waals surface area contributed by atoms with Gasteiger partial charge in [-0.1, -0.05) is 18.2 Å². The van der Waals surface area contributed by atoms with E-state index in [2.05, 4.69) is 10.4 Å². The fourth-order valence-corrected chi connectivity index (χ4v) is 3.32. The molecule has 1 N–H and O–H groups in total. The molecule has 1 fully saturated rings. The van der Waals surface area contributed by atoms with Gasteiger partial charge in [-0.05, 0) is 36.8 Å². The minimum Gasteiger partial charge on any atom is -0.490 e. The van der Waals surface area contributed by atoms with Crippen molar-refractivity contribution < 1.29 is 28.9 Å². The Morgan fingerprint density at radius 2 is 1.81 bits per heavy atom. The fourth-order valence-electron chi connectivity index (χ4n) is 3.32. The number of hydrogen-bond donors (Lipinski definition) is 1. The van der Waals surface area contributed by atoms with Crippen LogP contribution >= 0.6 is 0 Å². The highest BCUT2D eigenvalue weighted by Crippen LogP contribution is 2.41. The number of nitrogens with zero attached hydrogens (tertiary/aromatic N) is 4. The second-order valence-corrected chi connectivity index (χ2v) is 7.25. The molecule has 4 rings (SSSR count). The Balaban J connectivity index is 1.73. The molecule has 1 aliphatic heterocycles. The number of benzene rings is 2. The summed E-state index contributed by atoms with van der Waals surface area (Å²) in [5.74, 6) is -1.80. The molecule has 1 saturated heterocycles. The molecule has 0 saturated carbocycles. The van der Waals surface area contributed by atoms with Crippen molar-refractivity contribution in [2.24, 2.45) is 0 Å². The first-order chi connectivity index (χ1) is 17.3. The smallest absolute Gasteiger partial charge is 0.316 e. The van der Waals surface area contributed by atoms with Crippen molar-refractivity contribution in [3.63, 3.8) is 0 Å². The number of carbonyl (C=O) groups excluding carboxylic acids is 2. The molecule has 0 bridgehead atoms. The number of hydrazine groups is 1. The van der Waals surface area contributed by atoms with Gasteiger partial charge in [-0.2, -0.15) is 0 Å². The molecule has 0 aliphatic carbocycles. The maximum atomic E-state index is 12.9. The molecule has 0 unspecified atom stereocenters. The fraction of sp³-hybridized carbons (Fsp3) is 0.0870. The van der Waals surface area contributed by atoms with Crippen LogP contribution in [-0.4, -0.2) is 33.3 Å². The Morgan fingerprint density at radius 3 is 2.42 bits per heavy atom. The summed E-state index contributed by atoms with van der Waals surface area (Å²) in [7, 11) is 0. The number of nitro benzene ring substituents is 1. The van der Waals surface area contributed by atoms with E-state index in [9.17, 15) is 29.8 Å². The van der Waals surface area contributed by atoms with Gasteiger partial charge in [-0.15, -0.1) is 0 Å². The number of carbonyl (C=O) groups is 2. The van der Waals surface area contributed by atoms with Crippen molar-refractivity contribution in [1.82, 2.24) is 10.4 Å². The third-order valence-corrected chi connectivity index (χ3v) is 4.91. The van der Waals surface area contributed by atoms with E-state index in [1.807, 2.05) is 0 Å². The highest BCUT2D eigenvalue weighted by Gasteiger charge is 2.35. The van der Waals surface area contributed by atoms with Crippen LogP contribution in [-0.2, 0) is 9.59 Å². The second-order valence-electron chi connectivity index (χ2n) is 7.25. The molecule has 2 aromatic carbocycles. The maximum Gasteiger partial charge on any atom is 0.316 e. The second kappa shape index (κ2) is 9.89. The van der Waals surface area contributed by atoms with Crippen molar-refractivity contribution in [2.75, 3.05) is 11.6 Å². The van der Waals surface area contributed by atoms with Gasteiger partial charge < -0.3 is 9.47 Å². The molecule has 0 spiro atoms. The first-order valence-electron chi connectivity index (χ1n) is 10.4. The number of pyridine rings is 1. The SMILES string of the molecule is CCOc1cc(/C=C2/C(=O)NN(c3ccccc3)C2=O)cc([N+](=O)[O-])c1Oc1ccc([N+](=O)[O-])cn1. The van der Waals surface area contributed by atoms with Gasteiger partial charge >= 0.3 is 5.69 Å². The zero-order chi connectivity index (χ0) is 25.8.